The molecule has 6 atom stereocenters. The summed E-state index contributed by atoms with van der Waals surface area (Å²) >= 11 is 0. The number of benzene rings is 3. The van der Waals surface area contributed by atoms with Crippen LogP contribution in [0.1, 0.15) is 99.4 Å². The predicted octanol–water partition coefficient (Wildman–Crippen LogP) is 9.55. The number of nitrogens with one attached hydrogen (secondary N) is 2. The molecular formula is C56H58N4O8. The number of esters is 1. The second-order valence-electron chi connectivity index (χ2n) is 18.7. The van der Waals surface area contributed by atoms with E-state index in [0.29, 0.717) is 44.3 Å². The maximum Gasteiger partial charge on any atom is 0.302 e. The van der Waals surface area contributed by atoms with Gasteiger partial charge in [-0.25, -0.2) is 0 Å². The molecule has 4 aliphatic rings. The smallest absolute Gasteiger partial charge is 0.302 e. The number of anilines is 1. The number of Topliss-reactive ketones (excluding diaryl/α,β-unsaturated/α-hetero) is 2. The lowest BCUT2D eigenvalue weighted by atomic mass is 9.61. The van der Waals surface area contributed by atoms with E-state index in [1.54, 1.807) is 19.1 Å². The first-order chi connectivity index (χ1) is 32.8. The highest BCUT2D eigenvalue weighted by atomic mass is 16.5. The Balaban J connectivity index is 1.27. The van der Waals surface area contributed by atoms with Gasteiger partial charge in [-0.3, -0.25) is 14.4 Å². The Bertz CT molecular complexity index is 2980. The van der Waals surface area contributed by atoms with Gasteiger partial charge in [0.05, 0.1) is 24.8 Å². The van der Waals surface area contributed by atoms with Crippen LogP contribution in [0, 0.1) is 23.2 Å². The van der Waals surface area contributed by atoms with Crippen molar-refractivity contribution >= 4 is 34.0 Å². The Morgan fingerprint density at radius 2 is 1.84 bits per heavy atom. The van der Waals surface area contributed by atoms with E-state index >= 15 is 0 Å². The Morgan fingerprint density at radius 3 is 2.63 bits per heavy atom. The lowest BCUT2D eigenvalue weighted by Gasteiger charge is -2.43. The van der Waals surface area contributed by atoms with Crippen molar-refractivity contribution in [3.8, 4) is 34.8 Å². The van der Waals surface area contributed by atoms with Crippen molar-refractivity contribution in [2.75, 3.05) is 25.1 Å². The first-order valence-electron chi connectivity index (χ1n) is 23.4. The lowest BCUT2D eigenvalue weighted by molar-refractivity contribution is -0.148. The predicted molar refractivity (Wildman–Crippen MR) is 262 cm³/mol. The summed E-state index contributed by atoms with van der Waals surface area (Å²) in [6.07, 6.45) is 20.6. The van der Waals surface area contributed by atoms with Crippen LogP contribution in [-0.2, 0) is 25.5 Å². The first-order valence-corrected chi connectivity index (χ1v) is 23.4. The highest BCUT2D eigenvalue weighted by Gasteiger charge is 2.43. The molecule has 0 saturated heterocycles. The molecule has 5 N–H and O–H groups in total. The lowest BCUT2D eigenvalue weighted by Crippen LogP contribution is -2.36. The summed E-state index contributed by atoms with van der Waals surface area (Å²) in [6, 6.07) is 15.8. The zero-order valence-electron chi connectivity index (χ0n) is 38.9. The number of fused-ring (bicyclic) bond motifs is 2. The number of H-pyrrole nitrogens is 1. The van der Waals surface area contributed by atoms with Gasteiger partial charge in [0.2, 0.25) is 5.75 Å². The minimum atomic E-state index is -0.727. The third kappa shape index (κ3) is 9.05. The summed E-state index contributed by atoms with van der Waals surface area (Å²) in [7, 11) is 1.40. The maximum absolute atomic E-state index is 14.7. The number of ether oxygens (including phenoxy) is 2. The molecule has 350 valence electrons. The Morgan fingerprint density at radius 1 is 1.00 bits per heavy atom. The molecule has 6 bridgehead atoms. The van der Waals surface area contributed by atoms with Crippen LogP contribution in [0.15, 0.2) is 127 Å². The molecule has 12 heteroatoms. The number of dihydropyridines is 1. The van der Waals surface area contributed by atoms with Crippen LogP contribution in [-0.4, -0.2) is 68.7 Å². The average Bonchev–Trinajstić information content (AvgIpc) is 3.97. The highest BCUT2D eigenvalue weighted by Crippen LogP contribution is 2.51. The van der Waals surface area contributed by atoms with Gasteiger partial charge in [-0.15, -0.1) is 0 Å². The van der Waals surface area contributed by atoms with Gasteiger partial charge in [0.25, 0.3) is 0 Å². The van der Waals surface area contributed by atoms with Crippen LogP contribution in [0.3, 0.4) is 0 Å². The van der Waals surface area contributed by atoms with E-state index in [-0.39, 0.29) is 60.1 Å². The van der Waals surface area contributed by atoms with Crippen LogP contribution >= 0.6 is 0 Å². The molecule has 0 unspecified atom stereocenters. The van der Waals surface area contributed by atoms with E-state index in [4.69, 9.17) is 9.47 Å². The summed E-state index contributed by atoms with van der Waals surface area (Å²) in [4.78, 5) is 45.9. The van der Waals surface area contributed by atoms with Gasteiger partial charge in [0.15, 0.2) is 11.5 Å². The minimum absolute atomic E-state index is 0.0347. The van der Waals surface area contributed by atoms with Crippen molar-refractivity contribution in [1.82, 2.24) is 14.9 Å². The van der Waals surface area contributed by atoms with E-state index in [0.717, 1.165) is 44.5 Å². The van der Waals surface area contributed by atoms with E-state index in [1.807, 2.05) is 53.4 Å². The molecule has 68 heavy (non-hydrogen) atoms. The summed E-state index contributed by atoms with van der Waals surface area (Å²) in [5.41, 5.74) is 6.18. The van der Waals surface area contributed by atoms with Gasteiger partial charge < -0.3 is 44.6 Å². The first kappa shape index (κ1) is 45.8. The van der Waals surface area contributed by atoms with E-state index in [2.05, 4.69) is 76.7 Å². The number of rotatable bonds is 7. The molecule has 12 nitrogen and oxygen atoms in total. The number of carbonyl (C=O) groups excluding carboxylic acids is 3. The fourth-order valence-corrected chi connectivity index (χ4v) is 11.0. The number of phenolic OH excluding ortho intramolecular Hbond substituents is 3. The number of hydrogen-bond acceptors (Lipinski definition) is 10. The van der Waals surface area contributed by atoms with E-state index in [9.17, 15) is 29.7 Å². The van der Waals surface area contributed by atoms with Gasteiger partial charge in [0.1, 0.15) is 29.2 Å². The molecule has 0 radical (unpaired) electrons. The summed E-state index contributed by atoms with van der Waals surface area (Å²) in [6.45, 7) is 6.04. The average molecular weight is 915 g/mol. The van der Waals surface area contributed by atoms with Crippen LogP contribution in [0.5, 0.6) is 23.0 Å². The molecule has 3 aromatic carbocycles. The number of aromatic amines is 1. The monoisotopic (exact) mass is 914 g/mol. The van der Waals surface area contributed by atoms with E-state index in [1.165, 1.54) is 25.7 Å². The van der Waals surface area contributed by atoms with Gasteiger partial charge in [-0.05, 0) is 96.3 Å². The Hall–Kier alpha value is -7.39. The summed E-state index contributed by atoms with van der Waals surface area (Å²) in [5, 5.41) is 38.0. The number of aromatic nitrogens is 2. The Kier molecular flexibility index (Phi) is 12.8. The maximum atomic E-state index is 14.7. The fourth-order valence-electron chi connectivity index (χ4n) is 11.0. The number of allylic oxidation sites excluding steroid dienone is 6. The largest absolute Gasteiger partial charge is 0.508 e. The van der Waals surface area contributed by atoms with Crippen molar-refractivity contribution in [3.05, 3.63) is 149 Å². The van der Waals surface area contributed by atoms with Crippen molar-refractivity contribution in [2.24, 2.45) is 11.3 Å². The molecular weight excluding hydrogens is 857 g/mol. The number of nitrogens with zero attached hydrogens (tertiary/aromatic N) is 2. The Labute approximate surface area is 396 Å². The zero-order chi connectivity index (χ0) is 47.7. The van der Waals surface area contributed by atoms with Crippen LogP contribution < -0.4 is 15.0 Å². The second kappa shape index (κ2) is 19.1. The van der Waals surface area contributed by atoms with Gasteiger partial charge in [-0.2, -0.15) is 0 Å². The standard InChI is InChI=1S/C56H58N4O8/c1-34-9-5-12-42-13-8-15-46-47-31-57-30-41(47)29-56(34,42)20-17-45(68-36(3)62)27-44(64)28-50(40-24-51(65)55(66)52(25-40)67-4)59-32-39-11-7-16-49(48(39)33-59)60(22-19-35(2)61)53-26-38(18-21-58-53)54(46)37-10-6-14-43(63)23-37/h5-7,9-12,14,16,18,23-26,30-34,45-46,50,54,57-58,63,65-66H,13,17,19-22,27-29H2,1-4H3/t34-,45-,46+,50+,54-,56-/m1/s1. The van der Waals surface area contributed by atoms with Crippen molar-refractivity contribution in [3.63, 3.8) is 0 Å². The number of ketones is 2. The van der Waals surface area contributed by atoms with Gasteiger partial charge in [0, 0.05) is 92.6 Å². The molecule has 0 amide bonds. The highest BCUT2D eigenvalue weighted by molar-refractivity contribution is 5.95. The van der Waals surface area contributed by atoms with Crippen LogP contribution in [0.2, 0.25) is 0 Å². The molecule has 1 spiro atoms. The fraction of sp³-hybridized carbons (Fsp3) is 0.339. The topological polar surface area (TPSA) is 166 Å². The van der Waals surface area contributed by atoms with Crippen molar-refractivity contribution in [2.45, 2.75) is 89.7 Å². The summed E-state index contributed by atoms with van der Waals surface area (Å²) < 4.78 is 13.4. The quantitative estimate of drug-likeness (QED) is 0.0603. The molecule has 2 aliphatic heterocycles. The van der Waals surface area contributed by atoms with Crippen LogP contribution in [0.4, 0.5) is 5.69 Å². The molecule has 0 fully saturated rings. The van der Waals surface area contributed by atoms with Crippen molar-refractivity contribution in [1.29, 1.82) is 0 Å². The van der Waals surface area contributed by atoms with Crippen LogP contribution in [0.25, 0.3) is 10.8 Å². The molecule has 2 aromatic heterocycles. The number of methoxy groups -OCH3 is 1. The third-order valence-corrected chi connectivity index (χ3v) is 14.4. The SMILES string of the molecule is COc1cc([C@@H]2CC(=O)C[C@H](OC(C)=O)CC[C@]34Cc5c[nH]cc5[C@H](C#CCC3=CC=C[C@H]4C)[C@H](c3cccc(O)c3)C3=CCNC(=C3)N(CCC(C)=O)c3cccc4cn2cc34)cc(O)c1O. The van der Waals surface area contributed by atoms with Crippen molar-refractivity contribution < 1.29 is 39.2 Å². The summed E-state index contributed by atoms with van der Waals surface area (Å²) in [5.74, 6) is 6.44. The molecule has 2 aliphatic carbocycles. The molecule has 9 rings (SSSR count). The number of aromatic hydroxyl groups is 3. The van der Waals surface area contributed by atoms with Gasteiger partial charge >= 0.3 is 5.97 Å². The molecule has 4 heterocycles. The zero-order valence-corrected chi connectivity index (χ0v) is 38.9. The number of phenols is 3. The van der Waals surface area contributed by atoms with E-state index < -0.39 is 35.0 Å². The third-order valence-electron chi connectivity index (χ3n) is 14.4. The second-order valence-corrected chi connectivity index (χ2v) is 18.7. The number of hydrogen-bond donors (Lipinski definition) is 5. The minimum Gasteiger partial charge on any atom is -0.508 e. The molecule has 5 aromatic rings. The molecule has 0 saturated carbocycles. The van der Waals surface area contributed by atoms with Gasteiger partial charge in [-0.1, -0.05) is 72.9 Å². The normalized spacial score (nSPS) is 23.8. The number of carbonyl (C=O) groups is 3.